The van der Waals surface area contributed by atoms with Crippen molar-refractivity contribution in [1.29, 1.82) is 0 Å². The van der Waals surface area contributed by atoms with Gasteiger partial charge in [0.05, 0.1) is 5.92 Å². The third-order valence-electron chi connectivity index (χ3n) is 4.97. The summed E-state index contributed by atoms with van der Waals surface area (Å²) in [6, 6.07) is 10.7. The van der Waals surface area contributed by atoms with Crippen LogP contribution in [0, 0.1) is 12.8 Å². The molecule has 158 valence electrons. The number of anilines is 2. The average Bonchev–Trinajstić information content (AvgIpc) is 3.10. The molecule has 1 saturated heterocycles. The SMILES string of the molecule is CCc1cc(Br)cc(C)c1NC(=O)COC(=O)[C@H]1CC(=O)N(c2ccc(Cl)cc2)C1. The van der Waals surface area contributed by atoms with Gasteiger partial charge in [-0.2, -0.15) is 0 Å². The van der Waals surface area contributed by atoms with Crippen molar-refractivity contribution in [1.82, 2.24) is 0 Å². The molecule has 2 aromatic rings. The smallest absolute Gasteiger partial charge is 0.311 e. The number of hydrogen-bond donors (Lipinski definition) is 1. The van der Waals surface area contributed by atoms with Crippen molar-refractivity contribution in [2.24, 2.45) is 5.92 Å². The Kier molecular flexibility index (Phi) is 7.15. The Labute approximate surface area is 188 Å². The van der Waals surface area contributed by atoms with Crippen molar-refractivity contribution in [3.05, 3.63) is 57.0 Å². The molecule has 0 bridgehead atoms. The quantitative estimate of drug-likeness (QED) is 0.601. The highest BCUT2D eigenvalue weighted by Crippen LogP contribution is 2.28. The highest BCUT2D eigenvalue weighted by Gasteiger charge is 2.36. The van der Waals surface area contributed by atoms with E-state index in [1.54, 1.807) is 24.3 Å². The summed E-state index contributed by atoms with van der Waals surface area (Å²) in [4.78, 5) is 38.6. The van der Waals surface area contributed by atoms with Gasteiger partial charge in [-0.3, -0.25) is 14.4 Å². The fourth-order valence-corrected chi connectivity index (χ4v) is 4.18. The van der Waals surface area contributed by atoms with Crippen LogP contribution in [0.3, 0.4) is 0 Å². The van der Waals surface area contributed by atoms with Crippen molar-refractivity contribution in [2.75, 3.05) is 23.4 Å². The summed E-state index contributed by atoms with van der Waals surface area (Å²) >= 11 is 9.33. The third-order valence-corrected chi connectivity index (χ3v) is 5.68. The molecular weight excluding hydrogens is 472 g/mol. The molecular formula is C22H22BrClN2O4. The second-order valence-electron chi connectivity index (χ2n) is 7.15. The lowest BCUT2D eigenvalue weighted by Gasteiger charge is -2.17. The maximum Gasteiger partial charge on any atom is 0.311 e. The summed E-state index contributed by atoms with van der Waals surface area (Å²) in [6.45, 7) is 3.72. The van der Waals surface area contributed by atoms with E-state index in [1.807, 2.05) is 26.0 Å². The van der Waals surface area contributed by atoms with Crippen molar-refractivity contribution < 1.29 is 19.1 Å². The van der Waals surface area contributed by atoms with Gasteiger partial charge in [0.1, 0.15) is 0 Å². The third kappa shape index (κ3) is 5.21. The molecule has 3 rings (SSSR count). The van der Waals surface area contributed by atoms with Crippen LogP contribution < -0.4 is 10.2 Å². The molecule has 0 unspecified atom stereocenters. The largest absolute Gasteiger partial charge is 0.455 e. The van der Waals surface area contributed by atoms with Crippen LogP contribution in [-0.4, -0.2) is 30.9 Å². The summed E-state index contributed by atoms with van der Waals surface area (Å²) in [7, 11) is 0. The minimum atomic E-state index is -0.610. The lowest BCUT2D eigenvalue weighted by Crippen LogP contribution is -2.28. The van der Waals surface area contributed by atoms with Crippen molar-refractivity contribution in [3.8, 4) is 0 Å². The summed E-state index contributed by atoms with van der Waals surface area (Å²) in [5.41, 5.74) is 3.31. The van der Waals surface area contributed by atoms with Gasteiger partial charge in [-0.1, -0.05) is 34.5 Å². The van der Waals surface area contributed by atoms with Crippen LogP contribution in [0.15, 0.2) is 40.9 Å². The number of halogens is 2. The monoisotopic (exact) mass is 492 g/mol. The molecule has 0 aromatic heterocycles. The topological polar surface area (TPSA) is 75.7 Å². The normalized spacial score (nSPS) is 15.9. The predicted octanol–water partition coefficient (Wildman–Crippen LogP) is 4.51. The molecule has 0 spiro atoms. The van der Waals surface area contributed by atoms with E-state index in [4.69, 9.17) is 16.3 Å². The zero-order valence-electron chi connectivity index (χ0n) is 16.7. The van der Waals surface area contributed by atoms with Crippen LogP contribution in [0.5, 0.6) is 0 Å². The Morgan fingerprint density at radius 3 is 2.63 bits per heavy atom. The van der Waals surface area contributed by atoms with E-state index in [0.717, 1.165) is 27.7 Å². The maximum absolute atomic E-state index is 12.4. The number of carbonyl (C=O) groups is 3. The summed E-state index contributed by atoms with van der Waals surface area (Å²) < 4.78 is 6.13. The van der Waals surface area contributed by atoms with Gasteiger partial charge >= 0.3 is 5.97 Å². The number of esters is 1. The molecule has 1 fully saturated rings. The molecule has 2 amide bonds. The first kappa shape index (κ1) is 22.3. The van der Waals surface area contributed by atoms with E-state index in [1.165, 1.54) is 4.90 Å². The van der Waals surface area contributed by atoms with Crippen molar-refractivity contribution in [2.45, 2.75) is 26.7 Å². The maximum atomic E-state index is 12.4. The van der Waals surface area contributed by atoms with Gasteiger partial charge in [0.25, 0.3) is 5.91 Å². The number of hydrogen-bond acceptors (Lipinski definition) is 4. The van der Waals surface area contributed by atoms with Gasteiger partial charge in [0.15, 0.2) is 6.61 Å². The lowest BCUT2D eigenvalue weighted by atomic mass is 10.1. The Hall–Kier alpha value is -2.38. The van der Waals surface area contributed by atoms with Gasteiger partial charge in [-0.15, -0.1) is 0 Å². The molecule has 6 nitrogen and oxygen atoms in total. The zero-order chi connectivity index (χ0) is 21.8. The van der Waals surface area contributed by atoms with Crippen LogP contribution in [0.25, 0.3) is 0 Å². The predicted molar refractivity (Wildman–Crippen MR) is 120 cm³/mol. The molecule has 1 heterocycles. The first-order valence-electron chi connectivity index (χ1n) is 9.60. The van der Waals surface area contributed by atoms with Gasteiger partial charge in [-0.25, -0.2) is 0 Å². The second kappa shape index (κ2) is 9.62. The van der Waals surface area contributed by atoms with Gasteiger partial charge < -0.3 is 15.0 Å². The number of nitrogens with zero attached hydrogens (tertiary/aromatic N) is 1. The first-order valence-corrected chi connectivity index (χ1v) is 10.8. The van der Waals surface area contributed by atoms with Gasteiger partial charge in [0, 0.05) is 33.8 Å². The molecule has 8 heteroatoms. The number of nitrogens with one attached hydrogen (secondary N) is 1. The molecule has 0 aliphatic carbocycles. The average molecular weight is 494 g/mol. The standard InChI is InChI=1S/C22H22BrClN2O4/c1-3-14-9-16(23)8-13(2)21(14)25-19(27)12-30-22(29)15-10-20(28)26(11-15)18-6-4-17(24)5-7-18/h4-9,15H,3,10-12H2,1-2H3,(H,25,27)/t15-/m0/s1. The van der Waals surface area contributed by atoms with E-state index in [2.05, 4.69) is 21.2 Å². The minimum Gasteiger partial charge on any atom is -0.455 e. The van der Waals surface area contributed by atoms with E-state index < -0.39 is 24.4 Å². The fraction of sp³-hybridized carbons (Fsp3) is 0.318. The minimum absolute atomic E-state index is 0.0505. The van der Waals surface area contributed by atoms with E-state index in [-0.39, 0.29) is 18.9 Å². The number of carbonyl (C=O) groups excluding carboxylic acids is 3. The zero-order valence-corrected chi connectivity index (χ0v) is 19.0. The molecule has 1 N–H and O–H groups in total. The molecule has 30 heavy (non-hydrogen) atoms. The Balaban J connectivity index is 1.56. The highest BCUT2D eigenvalue weighted by atomic mass is 79.9. The number of rotatable bonds is 6. The molecule has 1 atom stereocenters. The van der Waals surface area contributed by atoms with Crippen LogP contribution in [0.2, 0.25) is 5.02 Å². The molecule has 2 aromatic carbocycles. The van der Waals surface area contributed by atoms with Crippen LogP contribution in [0.4, 0.5) is 11.4 Å². The Morgan fingerprint density at radius 1 is 1.27 bits per heavy atom. The van der Waals surface area contributed by atoms with Crippen molar-refractivity contribution in [3.63, 3.8) is 0 Å². The van der Waals surface area contributed by atoms with Gasteiger partial charge in [-0.05, 0) is 60.9 Å². The van der Waals surface area contributed by atoms with E-state index in [9.17, 15) is 14.4 Å². The number of aryl methyl sites for hydroxylation is 2. The number of amides is 2. The molecule has 0 radical (unpaired) electrons. The lowest BCUT2D eigenvalue weighted by molar-refractivity contribution is -0.151. The first-order chi connectivity index (χ1) is 14.3. The Bertz CT molecular complexity index is 978. The molecule has 1 aliphatic heterocycles. The van der Waals surface area contributed by atoms with Gasteiger partial charge in [0.2, 0.25) is 5.91 Å². The summed E-state index contributed by atoms with van der Waals surface area (Å²) in [6.07, 6.45) is 0.801. The van der Waals surface area contributed by atoms with Crippen LogP contribution in [0.1, 0.15) is 24.5 Å². The Morgan fingerprint density at radius 2 is 1.97 bits per heavy atom. The summed E-state index contributed by atoms with van der Waals surface area (Å²) in [5.74, 6) is -1.75. The van der Waals surface area contributed by atoms with Crippen LogP contribution in [-0.2, 0) is 25.5 Å². The second-order valence-corrected chi connectivity index (χ2v) is 8.50. The van der Waals surface area contributed by atoms with E-state index in [0.29, 0.717) is 10.7 Å². The highest BCUT2D eigenvalue weighted by molar-refractivity contribution is 9.10. The molecule has 0 saturated carbocycles. The van der Waals surface area contributed by atoms with Crippen LogP contribution >= 0.6 is 27.5 Å². The number of benzene rings is 2. The number of ether oxygens (including phenoxy) is 1. The van der Waals surface area contributed by atoms with E-state index >= 15 is 0 Å². The molecule has 1 aliphatic rings. The fourth-order valence-electron chi connectivity index (χ4n) is 3.44. The van der Waals surface area contributed by atoms with Crippen molar-refractivity contribution >= 4 is 56.7 Å². The summed E-state index contributed by atoms with van der Waals surface area (Å²) in [5, 5.41) is 3.39.